The Morgan fingerprint density at radius 3 is 2.85 bits per heavy atom. The molecule has 3 heteroatoms. The van der Waals surface area contributed by atoms with Crippen LogP contribution in [0.15, 0.2) is 0 Å². The third-order valence-corrected chi connectivity index (χ3v) is 2.71. The number of hydrogen-bond donors (Lipinski definition) is 2. The van der Waals surface area contributed by atoms with Crippen LogP contribution in [0.25, 0.3) is 0 Å². The van der Waals surface area contributed by atoms with Crippen LogP contribution in [0, 0.1) is 5.92 Å². The van der Waals surface area contributed by atoms with Crippen LogP contribution < -0.4 is 10.6 Å². The number of carbonyl (C=O) groups excluding carboxylic acids is 1. The van der Waals surface area contributed by atoms with Crippen molar-refractivity contribution in [3.63, 3.8) is 0 Å². The third-order valence-electron chi connectivity index (χ3n) is 2.71. The van der Waals surface area contributed by atoms with Gasteiger partial charge in [-0.1, -0.05) is 13.3 Å². The molecular formula is C10H20N2O. The molecule has 0 saturated heterocycles. The van der Waals surface area contributed by atoms with Gasteiger partial charge in [0.25, 0.3) is 0 Å². The minimum atomic E-state index is 0.143. The zero-order valence-corrected chi connectivity index (χ0v) is 8.60. The first-order chi connectivity index (χ1) is 6.27. The lowest BCUT2D eigenvalue weighted by atomic mass is 10.3. The molecule has 2 atom stereocenters. The number of nitrogens with one attached hydrogen (secondary N) is 2. The summed E-state index contributed by atoms with van der Waals surface area (Å²) in [6, 6.07) is 0.745. The van der Waals surface area contributed by atoms with E-state index >= 15 is 0 Å². The fraction of sp³-hybridized carbons (Fsp3) is 0.900. The summed E-state index contributed by atoms with van der Waals surface area (Å²) in [5.74, 6) is 1.05. The normalized spacial score (nSPS) is 25.7. The molecule has 1 aliphatic carbocycles. The second-order valence-electron chi connectivity index (χ2n) is 3.74. The molecule has 0 aromatic rings. The van der Waals surface area contributed by atoms with Crippen molar-refractivity contribution in [1.82, 2.24) is 10.6 Å². The molecule has 0 aliphatic heterocycles. The van der Waals surface area contributed by atoms with Crippen molar-refractivity contribution in [2.45, 2.75) is 38.6 Å². The van der Waals surface area contributed by atoms with E-state index in [2.05, 4.69) is 17.6 Å². The molecule has 0 bridgehead atoms. The summed E-state index contributed by atoms with van der Waals surface area (Å²) in [5.41, 5.74) is 0. The summed E-state index contributed by atoms with van der Waals surface area (Å²) in [6.07, 6.45) is 4.21. The van der Waals surface area contributed by atoms with Gasteiger partial charge in [0.1, 0.15) is 0 Å². The molecule has 2 unspecified atom stereocenters. The van der Waals surface area contributed by atoms with E-state index in [9.17, 15) is 4.79 Å². The zero-order chi connectivity index (χ0) is 9.68. The fourth-order valence-electron chi connectivity index (χ4n) is 1.61. The number of rotatable bonds is 6. The molecule has 1 fully saturated rings. The number of amides is 1. The van der Waals surface area contributed by atoms with Crippen molar-refractivity contribution in [1.29, 1.82) is 0 Å². The van der Waals surface area contributed by atoms with Gasteiger partial charge in [-0.3, -0.25) is 4.79 Å². The minimum Gasteiger partial charge on any atom is -0.359 e. The van der Waals surface area contributed by atoms with Crippen molar-refractivity contribution in [2.75, 3.05) is 13.6 Å². The molecule has 1 rings (SSSR count). The van der Waals surface area contributed by atoms with Crippen LogP contribution >= 0.6 is 0 Å². The summed E-state index contributed by atoms with van der Waals surface area (Å²) in [7, 11) is 1.68. The van der Waals surface area contributed by atoms with Gasteiger partial charge in [0.15, 0.2) is 0 Å². The molecule has 1 amide bonds. The van der Waals surface area contributed by atoms with Crippen LogP contribution in [0.2, 0.25) is 0 Å². The molecule has 0 aromatic carbocycles. The second kappa shape index (κ2) is 5.22. The average molecular weight is 184 g/mol. The van der Waals surface area contributed by atoms with Crippen LogP contribution in [0.4, 0.5) is 0 Å². The summed E-state index contributed by atoms with van der Waals surface area (Å²) in [5, 5.41) is 6.08. The van der Waals surface area contributed by atoms with Crippen LogP contribution in [-0.4, -0.2) is 25.5 Å². The van der Waals surface area contributed by atoms with Gasteiger partial charge < -0.3 is 10.6 Å². The van der Waals surface area contributed by atoms with E-state index in [0.29, 0.717) is 6.42 Å². The first-order valence-electron chi connectivity index (χ1n) is 5.22. The Hall–Kier alpha value is -0.570. The fourth-order valence-corrected chi connectivity index (χ4v) is 1.61. The highest BCUT2D eigenvalue weighted by Gasteiger charge is 2.34. The predicted octanol–water partition coefficient (Wildman–Crippen LogP) is 0.901. The molecule has 0 spiro atoms. The van der Waals surface area contributed by atoms with E-state index in [1.807, 2.05) is 0 Å². The van der Waals surface area contributed by atoms with E-state index in [1.54, 1.807) is 7.05 Å². The van der Waals surface area contributed by atoms with Gasteiger partial charge >= 0.3 is 0 Å². The molecule has 0 aromatic heterocycles. The number of hydrogen-bond acceptors (Lipinski definition) is 2. The second-order valence-corrected chi connectivity index (χ2v) is 3.74. The Morgan fingerprint density at radius 1 is 1.54 bits per heavy atom. The van der Waals surface area contributed by atoms with Crippen molar-refractivity contribution in [3.05, 3.63) is 0 Å². The molecule has 2 N–H and O–H groups in total. The topological polar surface area (TPSA) is 41.1 Å². The van der Waals surface area contributed by atoms with Crippen LogP contribution in [0.1, 0.15) is 32.6 Å². The van der Waals surface area contributed by atoms with Crippen LogP contribution in [0.3, 0.4) is 0 Å². The minimum absolute atomic E-state index is 0.143. The van der Waals surface area contributed by atoms with Crippen molar-refractivity contribution < 1.29 is 4.79 Å². The maximum absolute atomic E-state index is 10.9. The highest BCUT2D eigenvalue weighted by molar-refractivity contribution is 5.75. The third kappa shape index (κ3) is 3.77. The standard InChI is InChI=1S/C10H20N2O/c1-3-8-7-9(8)12-6-4-5-10(13)11-2/h8-9,12H,3-7H2,1-2H3,(H,11,13). The quantitative estimate of drug-likeness (QED) is 0.602. The SMILES string of the molecule is CCC1CC1NCCCC(=O)NC. The summed E-state index contributed by atoms with van der Waals surface area (Å²) in [4.78, 5) is 10.9. The lowest BCUT2D eigenvalue weighted by Crippen LogP contribution is -2.23. The van der Waals surface area contributed by atoms with Gasteiger partial charge in [0.05, 0.1) is 0 Å². The Kier molecular flexibility index (Phi) is 4.22. The van der Waals surface area contributed by atoms with Crippen LogP contribution in [0.5, 0.6) is 0 Å². The Balaban J connectivity index is 1.88. The molecule has 1 aliphatic rings. The Labute approximate surface area is 80.3 Å². The van der Waals surface area contributed by atoms with Crippen LogP contribution in [-0.2, 0) is 4.79 Å². The van der Waals surface area contributed by atoms with Crippen molar-refractivity contribution in [3.8, 4) is 0 Å². The lowest BCUT2D eigenvalue weighted by molar-refractivity contribution is -0.120. The molecule has 0 radical (unpaired) electrons. The van der Waals surface area contributed by atoms with E-state index < -0.39 is 0 Å². The van der Waals surface area contributed by atoms with Gasteiger partial charge in [0.2, 0.25) is 5.91 Å². The summed E-state index contributed by atoms with van der Waals surface area (Å²) in [6.45, 7) is 3.21. The zero-order valence-electron chi connectivity index (χ0n) is 8.60. The molecular weight excluding hydrogens is 164 g/mol. The molecule has 13 heavy (non-hydrogen) atoms. The highest BCUT2D eigenvalue weighted by Crippen LogP contribution is 2.32. The largest absolute Gasteiger partial charge is 0.359 e. The molecule has 1 saturated carbocycles. The van der Waals surface area contributed by atoms with Crippen molar-refractivity contribution >= 4 is 5.91 Å². The molecule has 0 heterocycles. The van der Waals surface area contributed by atoms with Gasteiger partial charge in [-0.05, 0) is 25.3 Å². The van der Waals surface area contributed by atoms with E-state index in [0.717, 1.165) is 24.9 Å². The monoisotopic (exact) mass is 184 g/mol. The highest BCUT2D eigenvalue weighted by atomic mass is 16.1. The Bertz CT molecular complexity index is 170. The molecule has 76 valence electrons. The lowest BCUT2D eigenvalue weighted by Gasteiger charge is -2.02. The summed E-state index contributed by atoms with van der Waals surface area (Å²) >= 11 is 0. The number of carbonyl (C=O) groups is 1. The maximum Gasteiger partial charge on any atom is 0.219 e. The Morgan fingerprint density at radius 2 is 2.31 bits per heavy atom. The van der Waals surface area contributed by atoms with Gasteiger partial charge in [-0.2, -0.15) is 0 Å². The van der Waals surface area contributed by atoms with Gasteiger partial charge in [-0.15, -0.1) is 0 Å². The first-order valence-corrected chi connectivity index (χ1v) is 5.22. The van der Waals surface area contributed by atoms with E-state index in [1.165, 1.54) is 12.8 Å². The maximum atomic E-state index is 10.9. The van der Waals surface area contributed by atoms with E-state index in [-0.39, 0.29) is 5.91 Å². The molecule has 3 nitrogen and oxygen atoms in total. The van der Waals surface area contributed by atoms with Crippen molar-refractivity contribution in [2.24, 2.45) is 5.92 Å². The summed E-state index contributed by atoms with van der Waals surface area (Å²) < 4.78 is 0. The first kappa shape index (κ1) is 10.5. The van der Waals surface area contributed by atoms with Gasteiger partial charge in [0, 0.05) is 19.5 Å². The average Bonchev–Trinajstić information content (AvgIpc) is 2.90. The smallest absolute Gasteiger partial charge is 0.219 e. The van der Waals surface area contributed by atoms with Gasteiger partial charge in [-0.25, -0.2) is 0 Å². The van der Waals surface area contributed by atoms with E-state index in [4.69, 9.17) is 0 Å². The predicted molar refractivity (Wildman–Crippen MR) is 53.5 cm³/mol.